The molecule has 6 nitrogen and oxygen atoms in total. The molecule has 0 radical (unpaired) electrons. The average Bonchev–Trinajstić information content (AvgIpc) is 2.79. The zero-order valence-electron chi connectivity index (χ0n) is 12.6. The van der Waals surface area contributed by atoms with Crippen molar-refractivity contribution in [3.8, 4) is 0 Å². The van der Waals surface area contributed by atoms with Crippen LogP contribution in [-0.4, -0.2) is 67.6 Å². The maximum Gasteiger partial charge on any atom is 0.227 e. The van der Waals surface area contributed by atoms with Crippen LogP contribution in [0.3, 0.4) is 0 Å². The van der Waals surface area contributed by atoms with Crippen LogP contribution in [0.1, 0.15) is 25.7 Å². The molecule has 0 aliphatic carbocycles. The lowest BCUT2D eigenvalue weighted by molar-refractivity contribution is -0.138. The maximum atomic E-state index is 12.3. The second-order valence-corrected chi connectivity index (χ2v) is 5.71. The third-order valence-corrected chi connectivity index (χ3v) is 4.15. The van der Waals surface area contributed by atoms with Crippen molar-refractivity contribution in [3.63, 3.8) is 0 Å². The van der Waals surface area contributed by atoms with Crippen LogP contribution >= 0.6 is 12.4 Å². The van der Waals surface area contributed by atoms with E-state index in [2.05, 4.69) is 0 Å². The molecule has 21 heavy (non-hydrogen) atoms. The third kappa shape index (κ3) is 4.83. The topological polar surface area (TPSA) is 75.9 Å². The first-order valence-corrected chi connectivity index (χ1v) is 7.46. The van der Waals surface area contributed by atoms with E-state index in [0.717, 1.165) is 32.4 Å². The molecule has 2 aliphatic heterocycles. The highest BCUT2D eigenvalue weighted by molar-refractivity contribution is 5.89. The SMILES string of the molecule is CN1CC(C(=O)N2CCC(OCCCN)CC2)CC1=O.Cl. The van der Waals surface area contributed by atoms with E-state index < -0.39 is 0 Å². The Bertz CT molecular complexity index is 359. The first kappa shape index (κ1) is 18.2. The zero-order chi connectivity index (χ0) is 14.5. The molecule has 2 amide bonds. The van der Waals surface area contributed by atoms with Crippen LogP contribution in [0.2, 0.25) is 0 Å². The van der Waals surface area contributed by atoms with Crippen LogP contribution < -0.4 is 5.73 Å². The molecular formula is C14H26ClN3O3. The highest BCUT2D eigenvalue weighted by atomic mass is 35.5. The number of likely N-dealkylation sites (tertiary alicyclic amines) is 2. The Kier molecular flexibility index (Phi) is 7.42. The maximum absolute atomic E-state index is 12.3. The largest absolute Gasteiger partial charge is 0.378 e. The first-order valence-electron chi connectivity index (χ1n) is 7.46. The molecule has 0 aromatic heterocycles. The van der Waals surface area contributed by atoms with E-state index in [0.29, 0.717) is 26.1 Å². The van der Waals surface area contributed by atoms with Gasteiger partial charge in [0.1, 0.15) is 0 Å². The predicted octanol–water partition coefficient (Wildman–Crippen LogP) is 0.243. The summed E-state index contributed by atoms with van der Waals surface area (Å²) in [5, 5.41) is 0. The minimum atomic E-state index is -0.151. The van der Waals surface area contributed by atoms with Gasteiger partial charge in [0, 0.05) is 39.7 Å². The van der Waals surface area contributed by atoms with Crippen LogP contribution in [0.25, 0.3) is 0 Å². The van der Waals surface area contributed by atoms with E-state index >= 15 is 0 Å². The molecule has 7 heteroatoms. The van der Waals surface area contributed by atoms with Gasteiger partial charge in [0.2, 0.25) is 11.8 Å². The van der Waals surface area contributed by atoms with Gasteiger partial charge in [-0.2, -0.15) is 0 Å². The second-order valence-electron chi connectivity index (χ2n) is 5.71. The summed E-state index contributed by atoms with van der Waals surface area (Å²) < 4.78 is 5.73. The van der Waals surface area contributed by atoms with E-state index in [4.69, 9.17) is 10.5 Å². The van der Waals surface area contributed by atoms with Gasteiger partial charge < -0.3 is 20.3 Å². The molecule has 2 N–H and O–H groups in total. The quantitative estimate of drug-likeness (QED) is 0.737. The highest BCUT2D eigenvalue weighted by Gasteiger charge is 2.35. The van der Waals surface area contributed by atoms with Gasteiger partial charge in [0.25, 0.3) is 0 Å². The number of amides is 2. The minimum Gasteiger partial charge on any atom is -0.378 e. The molecule has 0 aromatic carbocycles. The van der Waals surface area contributed by atoms with Gasteiger partial charge in [-0.3, -0.25) is 9.59 Å². The van der Waals surface area contributed by atoms with E-state index in [1.807, 2.05) is 4.90 Å². The molecule has 2 fully saturated rings. The third-order valence-electron chi connectivity index (χ3n) is 4.15. The van der Waals surface area contributed by atoms with Crippen molar-refractivity contribution in [2.45, 2.75) is 31.8 Å². The lowest BCUT2D eigenvalue weighted by Crippen LogP contribution is -2.44. The first-order chi connectivity index (χ1) is 9.61. The summed E-state index contributed by atoms with van der Waals surface area (Å²) in [7, 11) is 1.76. The lowest BCUT2D eigenvalue weighted by atomic mass is 10.0. The van der Waals surface area contributed by atoms with Crippen LogP contribution in [0.15, 0.2) is 0 Å². The van der Waals surface area contributed by atoms with Gasteiger partial charge >= 0.3 is 0 Å². The number of halogens is 1. The van der Waals surface area contributed by atoms with Crippen molar-refractivity contribution in [2.75, 3.05) is 39.8 Å². The van der Waals surface area contributed by atoms with Crippen molar-refractivity contribution in [1.82, 2.24) is 9.80 Å². The Labute approximate surface area is 132 Å². The van der Waals surface area contributed by atoms with Crippen molar-refractivity contribution in [2.24, 2.45) is 11.7 Å². The standard InChI is InChI=1S/C14H25N3O3.ClH/c1-16-10-11(9-13(16)18)14(19)17-6-3-12(4-7-17)20-8-2-5-15;/h11-12H,2-10,15H2,1H3;1H. The predicted molar refractivity (Wildman–Crippen MR) is 82.2 cm³/mol. The Morgan fingerprint density at radius 2 is 2.05 bits per heavy atom. The summed E-state index contributed by atoms with van der Waals surface area (Å²) in [5.41, 5.74) is 5.43. The minimum absolute atomic E-state index is 0. The van der Waals surface area contributed by atoms with E-state index in [9.17, 15) is 9.59 Å². The Morgan fingerprint density at radius 3 is 2.57 bits per heavy atom. The average molecular weight is 320 g/mol. The van der Waals surface area contributed by atoms with Crippen molar-refractivity contribution < 1.29 is 14.3 Å². The number of hydrogen-bond donors (Lipinski definition) is 1. The van der Waals surface area contributed by atoms with Crippen molar-refractivity contribution in [3.05, 3.63) is 0 Å². The molecule has 2 heterocycles. The summed E-state index contributed by atoms with van der Waals surface area (Å²) in [5.74, 6) is 0.0497. The molecule has 0 saturated carbocycles. The number of carbonyl (C=O) groups excluding carboxylic acids is 2. The highest BCUT2D eigenvalue weighted by Crippen LogP contribution is 2.22. The molecule has 0 aromatic rings. The summed E-state index contributed by atoms with van der Waals surface area (Å²) in [6.45, 7) is 3.39. The molecule has 0 spiro atoms. The number of carbonyl (C=O) groups is 2. The van der Waals surface area contributed by atoms with Crippen LogP contribution in [-0.2, 0) is 14.3 Å². The number of rotatable bonds is 5. The van der Waals surface area contributed by atoms with E-state index in [1.54, 1.807) is 11.9 Å². The smallest absolute Gasteiger partial charge is 0.227 e. The monoisotopic (exact) mass is 319 g/mol. The van der Waals surface area contributed by atoms with Crippen LogP contribution in [0.4, 0.5) is 0 Å². The van der Waals surface area contributed by atoms with Gasteiger partial charge in [-0.1, -0.05) is 0 Å². The summed E-state index contributed by atoms with van der Waals surface area (Å²) in [4.78, 5) is 27.4. The molecule has 0 bridgehead atoms. The normalized spacial score (nSPS) is 23.3. The van der Waals surface area contributed by atoms with Gasteiger partial charge in [0.15, 0.2) is 0 Å². The van der Waals surface area contributed by atoms with Crippen LogP contribution in [0.5, 0.6) is 0 Å². The number of ether oxygens (including phenoxy) is 1. The molecule has 2 rings (SSSR count). The summed E-state index contributed by atoms with van der Waals surface area (Å²) in [6.07, 6.45) is 3.26. The molecular weight excluding hydrogens is 294 g/mol. The van der Waals surface area contributed by atoms with Crippen LogP contribution in [0, 0.1) is 5.92 Å². The van der Waals surface area contributed by atoms with Crippen molar-refractivity contribution >= 4 is 24.2 Å². The van der Waals surface area contributed by atoms with Gasteiger partial charge in [-0.15, -0.1) is 12.4 Å². The molecule has 122 valence electrons. The molecule has 1 unspecified atom stereocenters. The molecule has 2 saturated heterocycles. The fraction of sp³-hybridized carbons (Fsp3) is 0.857. The Morgan fingerprint density at radius 1 is 1.38 bits per heavy atom. The zero-order valence-corrected chi connectivity index (χ0v) is 13.4. The number of nitrogens with two attached hydrogens (primary N) is 1. The van der Waals surface area contributed by atoms with E-state index in [-0.39, 0.29) is 36.2 Å². The molecule has 1 atom stereocenters. The van der Waals surface area contributed by atoms with Gasteiger partial charge in [-0.05, 0) is 25.8 Å². The summed E-state index contributed by atoms with van der Waals surface area (Å²) >= 11 is 0. The fourth-order valence-electron chi connectivity index (χ4n) is 2.86. The second kappa shape index (κ2) is 8.56. The Hall–Kier alpha value is -0.850. The molecule has 2 aliphatic rings. The number of piperidine rings is 1. The number of nitrogens with zero attached hydrogens (tertiary/aromatic N) is 2. The summed E-state index contributed by atoms with van der Waals surface area (Å²) in [6, 6.07) is 0. The van der Waals surface area contributed by atoms with Gasteiger partial charge in [0.05, 0.1) is 12.0 Å². The van der Waals surface area contributed by atoms with E-state index in [1.165, 1.54) is 0 Å². The number of hydrogen-bond acceptors (Lipinski definition) is 4. The fourth-order valence-corrected chi connectivity index (χ4v) is 2.86. The van der Waals surface area contributed by atoms with Crippen molar-refractivity contribution in [1.29, 1.82) is 0 Å². The van der Waals surface area contributed by atoms with Gasteiger partial charge in [-0.25, -0.2) is 0 Å². The lowest BCUT2D eigenvalue weighted by Gasteiger charge is -2.33. The Balaban J connectivity index is 0.00000220.